The fourth-order valence-corrected chi connectivity index (χ4v) is 0.496. The Labute approximate surface area is 80.5 Å². The lowest BCUT2D eigenvalue weighted by molar-refractivity contribution is -0.121. The minimum atomic E-state index is -0.745. The fraction of sp³-hybridized carbons (Fsp3) is 0.500. The normalized spacial score (nSPS) is 8.71. The van der Waals surface area contributed by atoms with E-state index in [2.05, 4.69) is 5.43 Å². The molecule has 0 radical (unpaired) electrons. The number of hydrazine groups is 2. The first-order valence-electron chi connectivity index (χ1n) is 3.87. The van der Waals surface area contributed by atoms with Gasteiger partial charge in [-0.25, -0.2) is 15.6 Å². The molecule has 0 aromatic heterocycles. The molecule has 8 nitrogen and oxygen atoms in total. The second kappa shape index (κ2) is 6.66. The van der Waals surface area contributed by atoms with Crippen molar-refractivity contribution < 1.29 is 14.4 Å². The lowest BCUT2D eigenvalue weighted by atomic mass is 10.4. The van der Waals surface area contributed by atoms with E-state index in [-0.39, 0.29) is 13.0 Å². The van der Waals surface area contributed by atoms with Crippen molar-refractivity contribution in [3.05, 3.63) is 0 Å². The summed E-state index contributed by atoms with van der Waals surface area (Å²) in [6.07, 6.45) is 0.112. The maximum atomic E-state index is 10.8. The topological polar surface area (TPSA) is 125 Å². The second-order valence-electron chi connectivity index (χ2n) is 2.35. The molecule has 0 atom stereocenters. The Morgan fingerprint density at radius 2 is 1.64 bits per heavy atom. The quantitative estimate of drug-likeness (QED) is 0.324. The van der Waals surface area contributed by atoms with Gasteiger partial charge in [0.2, 0.25) is 11.8 Å². The van der Waals surface area contributed by atoms with Gasteiger partial charge in [0.05, 0.1) is 0 Å². The van der Waals surface area contributed by atoms with E-state index in [0.717, 1.165) is 0 Å². The summed E-state index contributed by atoms with van der Waals surface area (Å²) in [6, 6.07) is -0.745. The number of nitrogens with two attached hydrogens (primary N) is 1. The molecule has 0 aliphatic heterocycles. The number of carbonyl (C=O) groups is 3. The molecule has 80 valence electrons. The van der Waals surface area contributed by atoms with Crippen molar-refractivity contribution in [1.82, 2.24) is 21.7 Å². The van der Waals surface area contributed by atoms with Gasteiger partial charge in [0.15, 0.2) is 0 Å². The van der Waals surface area contributed by atoms with Crippen LogP contribution in [0.15, 0.2) is 0 Å². The first-order valence-corrected chi connectivity index (χ1v) is 3.87. The van der Waals surface area contributed by atoms with E-state index in [4.69, 9.17) is 5.73 Å². The van der Waals surface area contributed by atoms with E-state index in [1.54, 1.807) is 0 Å². The van der Waals surface area contributed by atoms with Crippen molar-refractivity contribution in [2.75, 3.05) is 6.54 Å². The zero-order valence-electron chi connectivity index (χ0n) is 7.72. The number of amides is 4. The molecule has 8 heteroatoms. The van der Waals surface area contributed by atoms with Crippen molar-refractivity contribution >= 4 is 17.8 Å². The highest BCUT2D eigenvalue weighted by Crippen LogP contribution is 1.70. The molecule has 6 N–H and O–H groups in total. The van der Waals surface area contributed by atoms with Crippen molar-refractivity contribution in [2.24, 2.45) is 5.73 Å². The van der Waals surface area contributed by atoms with Gasteiger partial charge in [0, 0.05) is 19.9 Å². The van der Waals surface area contributed by atoms with E-state index in [1.165, 1.54) is 6.92 Å². The Bertz CT molecular complexity index is 230. The summed E-state index contributed by atoms with van der Waals surface area (Å²) < 4.78 is 0. The monoisotopic (exact) mass is 203 g/mol. The summed E-state index contributed by atoms with van der Waals surface area (Å²) in [5.41, 5.74) is 13.2. The van der Waals surface area contributed by atoms with Gasteiger partial charge in [-0.15, -0.1) is 0 Å². The molecule has 0 bridgehead atoms. The van der Waals surface area contributed by atoms with E-state index < -0.39 is 17.8 Å². The number of nitrogens with one attached hydrogen (secondary N) is 4. The molecule has 0 aliphatic carbocycles. The molecule has 0 aromatic rings. The molecule has 4 amide bonds. The van der Waals surface area contributed by atoms with E-state index in [9.17, 15) is 14.4 Å². The Balaban J connectivity index is 3.53. The van der Waals surface area contributed by atoms with Gasteiger partial charge in [-0.1, -0.05) is 0 Å². The Kier molecular flexibility index (Phi) is 5.79. The van der Waals surface area contributed by atoms with Crippen molar-refractivity contribution in [3.8, 4) is 0 Å². The molecule has 0 unspecified atom stereocenters. The average molecular weight is 203 g/mol. The first kappa shape index (κ1) is 12.2. The molecule has 0 fully saturated rings. The summed E-state index contributed by atoms with van der Waals surface area (Å²) >= 11 is 0. The van der Waals surface area contributed by atoms with Crippen LogP contribution in [0, 0.1) is 0 Å². The molecule has 0 spiro atoms. The molecule has 0 saturated carbocycles. The van der Waals surface area contributed by atoms with Crippen LogP contribution in [0.3, 0.4) is 0 Å². The van der Waals surface area contributed by atoms with E-state index in [1.807, 2.05) is 16.3 Å². The smallest absolute Gasteiger partial charge is 0.330 e. The van der Waals surface area contributed by atoms with Gasteiger partial charge in [-0.2, -0.15) is 0 Å². The maximum absolute atomic E-state index is 10.8. The summed E-state index contributed by atoms with van der Waals surface area (Å²) in [5, 5.41) is 0. The molecule has 0 aromatic carbocycles. The van der Waals surface area contributed by atoms with Crippen molar-refractivity contribution in [2.45, 2.75) is 13.3 Å². The number of hydrogen-bond donors (Lipinski definition) is 5. The molecule has 0 saturated heterocycles. The van der Waals surface area contributed by atoms with Crippen LogP contribution in [-0.4, -0.2) is 24.4 Å². The third-order valence-electron chi connectivity index (χ3n) is 1.04. The zero-order chi connectivity index (χ0) is 11.0. The van der Waals surface area contributed by atoms with Crippen LogP contribution in [0.5, 0.6) is 0 Å². The molecule has 0 rings (SSSR count). The van der Waals surface area contributed by atoms with Crippen LogP contribution < -0.4 is 27.4 Å². The van der Waals surface area contributed by atoms with Crippen LogP contribution in [0.1, 0.15) is 13.3 Å². The van der Waals surface area contributed by atoms with Crippen LogP contribution >= 0.6 is 0 Å². The van der Waals surface area contributed by atoms with Crippen LogP contribution in [0.25, 0.3) is 0 Å². The van der Waals surface area contributed by atoms with Gasteiger partial charge in [-0.3, -0.25) is 20.4 Å². The number of hydrogen-bond acceptors (Lipinski definition) is 4. The van der Waals surface area contributed by atoms with Gasteiger partial charge in [0.25, 0.3) is 0 Å². The molecule has 0 aliphatic rings. The minimum absolute atomic E-state index is 0.112. The first-order chi connectivity index (χ1) is 6.56. The standard InChI is InChI=1S/C6H13N5O3/c1-4(12)8-10-6(14)11-9-5(13)2-3-7/h2-3,7H2,1H3,(H,8,12)(H,9,13)(H2,10,11,14). The van der Waals surface area contributed by atoms with Gasteiger partial charge in [-0.05, 0) is 0 Å². The Hall–Kier alpha value is -1.83. The highest BCUT2D eigenvalue weighted by atomic mass is 16.2. The highest BCUT2D eigenvalue weighted by Gasteiger charge is 2.02. The maximum Gasteiger partial charge on any atom is 0.352 e. The molecule has 14 heavy (non-hydrogen) atoms. The lowest BCUT2D eigenvalue weighted by Crippen LogP contribution is -2.52. The third-order valence-corrected chi connectivity index (χ3v) is 1.04. The van der Waals surface area contributed by atoms with Crippen LogP contribution in [0.2, 0.25) is 0 Å². The minimum Gasteiger partial charge on any atom is -0.330 e. The predicted molar refractivity (Wildman–Crippen MR) is 47.3 cm³/mol. The zero-order valence-corrected chi connectivity index (χ0v) is 7.72. The van der Waals surface area contributed by atoms with Crippen molar-refractivity contribution in [1.29, 1.82) is 0 Å². The average Bonchev–Trinajstić information content (AvgIpc) is 2.12. The second-order valence-corrected chi connectivity index (χ2v) is 2.35. The number of carbonyl (C=O) groups excluding carboxylic acids is 3. The van der Waals surface area contributed by atoms with E-state index in [0.29, 0.717) is 0 Å². The summed E-state index contributed by atoms with van der Waals surface area (Å²) in [6.45, 7) is 1.42. The number of urea groups is 1. The van der Waals surface area contributed by atoms with Gasteiger partial charge < -0.3 is 5.73 Å². The summed E-state index contributed by atoms with van der Waals surface area (Å²) in [4.78, 5) is 31.9. The molecule has 0 heterocycles. The third kappa shape index (κ3) is 6.85. The lowest BCUT2D eigenvalue weighted by Gasteiger charge is -2.07. The SMILES string of the molecule is CC(=O)NNC(=O)NNC(=O)CCN. The van der Waals surface area contributed by atoms with Crippen LogP contribution in [-0.2, 0) is 9.59 Å². The summed E-state index contributed by atoms with van der Waals surface area (Å²) in [5.74, 6) is -0.834. The Morgan fingerprint density at radius 3 is 2.14 bits per heavy atom. The molecular formula is C6H13N5O3. The Morgan fingerprint density at radius 1 is 1.07 bits per heavy atom. The van der Waals surface area contributed by atoms with Crippen LogP contribution in [0.4, 0.5) is 4.79 Å². The van der Waals surface area contributed by atoms with E-state index >= 15 is 0 Å². The van der Waals surface area contributed by atoms with Crippen molar-refractivity contribution in [3.63, 3.8) is 0 Å². The largest absolute Gasteiger partial charge is 0.352 e. The predicted octanol–water partition coefficient (Wildman–Crippen LogP) is -2.28. The molecular weight excluding hydrogens is 190 g/mol. The summed E-state index contributed by atoms with van der Waals surface area (Å²) in [7, 11) is 0. The number of rotatable bonds is 2. The van der Waals surface area contributed by atoms with Gasteiger partial charge >= 0.3 is 6.03 Å². The fourth-order valence-electron chi connectivity index (χ4n) is 0.496. The highest BCUT2D eigenvalue weighted by molar-refractivity contribution is 5.82. The van der Waals surface area contributed by atoms with Gasteiger partial charge in [0.1, 0.15) is 0 Å².